The highest BCUT2D eigenvalue weighted by Gasteiger charge is 2.20. The van der Waals surface area contributed by atoms with E-state index < -0.39 is 0 Å². The number of likely N-dealkylation sites (tertiary alicyclic amines) is 1. The van der Waals surface area contributed by atoms with Crippen molar-refractivity contribution in [2.45, 2.75) is 18.9 Å². The topological polar surface area (TPSA) is 38.1 Å². The molecule has 0 radical (unpaired) electrons. The molecular formula is C16H19N3O. The summed E-state index contributed by atoms with van der Waals surface area (Å²) in [6.45, 7) is 2.04. The van der Waals surface area contributed by atoms with Crippen LogP contribution in [-0.2, 0) is 0 Å². The van der Waals surface area contributed by atoms with Crippen molar-refractivity contribution in [1.82, 2.24) is 14.7 Å². The Hall–Kier alpha value is -1.94. The molecule has 4 nitrogen and oxygen atoms in total. The highest BCUT2D eigenvalue weighted by Crippen LogP contribution is 2.21. The van der Waals surface area contributed by atoms with E-state index in [1.54, 1.807) is 10.7 Å². The van der Waals surface area contributed by atoms with E-state index in [4.69, 9.17) is 0 Å². The van der Waals surface area contributed by atoms with Gasteiger partial charge in [-0.25, -0.2) is 4.68 Å². The summed E-state index contributed by atoms with van der Waals surface area (Å²) in [4.78, 5) is 14.4. The zero-order valence-electron chi connectivity index (χ0n) is 11.7. The molecule has 2 heterocycles. The van der Waals surface area contributed by atoms with Crippen molar-refractivity contribution < 1.29 is 0 Å². The lowest BCUT2D eigenvalue weighted by Gasteiger charge is -2.29. The van der Waals surface area contributed by atoms with Crippen molar-refractivity contribution >= 4 is 0 Å². The molecular weight excluding hydrogens is 250 g/mol. The molecule has 104 valence electrons. The third-order valence-electron chi connectivity index (χ3n) is 3.93. The number of benzene rings is 1. The lowest BCUT2D eigenvalue weighted by molar-refractivity contribution is 0.208. The maximum Gasteiger partial charge on any atom is 0.267 e. The summed E-state index contributed by atoms with van der Waals surface area (Å²) in [5.74, 6) is 0. The normalized spacial score (nSPS) is 17.2. The number of nitrogens with zero attached hydrogens (tertiary/aromatic N) is 3. The van der Waals surface area contributed by atoms with Crippen LogP contribution in [0.1, 0.15) is 18.9 Å². The van der Waals surface area contributed by atoms with Crippen molar-refractivity contribution in [3.63, 3.8) is 0 Å². The van der Waals surface area contributed by atoms with E-state index >= 15 is 0 Å². The van der Waals surface area contributed by atoms with E-state index in [0.717, 1.165) is 37.2 Å². The number of aromatic nitrogens is 2. The second-order valence-electron chi connectivity index (χ2n) is 5.40. The van der Waals surface area contributed by atoms with Gasteiger partial charge >= 0.3 is 0 Å². The first kappa shape index (κ1) is 13.1. The van der Waals surface area contributed by atoms with E-state index in [-0.39, 0.29) is 11.6 Å². The SMILES string of the molecule is CN1CCC(n2nc(-c3ccccc3)ccc2=O)CC1. The molecule has 1 aromatic heterocycles. The van der Waals surface area contributed by atoms with E-state index in [9.17, 15) is 4.79 Å². The van der Waals surface area contributed by atoms with Gasteiger partial charge in [0.15, 0.2) is 0 Å². The average Bonchev–Trinajstić information content (AvgIpc) is 2.50. The Kier molecular flexibility index (Phi) is 3.65. The summed E-state index contributed by atoms with van der Waals surface area (Å²) in [5, 5.41) is 4.58. The monoisotopic (exact) mass is 269 g/mol. The van der Waals surface area contributed by atoms with Gasteiger partial charge in [-0.2, -0.15) is 5.10 Å². The molecule has 1 aromatic carbocycles. The minimum absolute atomic E-state index is 0.000709. The van der Waals surface area contributed by atoms with Crippen LogP contribution in [0.5, 0.6) is 0 Å². The van der Waals surface area contributed by atoms with Crippen LogP contribution < -0.4 is 5.56 Å². The first-order chi connectivity index (χ1) is 9.74. The molecule has 1 fully saturated rings. The Morgan fingerprint density at radius 3 is 2.45 bits per heavy atom. The molecule has 4 heteroatoms. The van der Waals surface area contributed by atoms with Crippen molar-refractivity contribution in [1.29, 1.82) is 0 Å². The average molecular weight is 269 g/mol. The standard InChI is InChI=1S/C16H19N3O/c1-18-11-9-14(10-12-18)19-16(20)8-7-15(17-19)13-5-3-2-4-6-13/h2-8,14H,9-12H2,1H3. The van der Waals surface area contributed by atoms with Crippen LogP contribution in [0.2, 0.25) is 0 Å². The fraction of sp³-hybridized carbons (Fsp3) is 0.375. The third-order valence-corrected chi connectivity index (χ3v) is 3.93. The quantitative estimate of drug-likeness (QED) is 0.838. The van der Waals surface area contributed by atoms with Crippen LogP contribution in [0, 0.1) is 0 Å². The van der Waals surface area contributed by atoms with Gasteiger partial charge in [-0.15, -0.1) is 0 Å². The molecule has 0 bridgehead atoms. The van der Waals surface area contributed by atoms with Crippen LogP contribution in [-0.4, -0.2) is 34.8 Å². The Bertz CT molecular complexity index is 628. The second kappa shape index (κ2) is 5.59. The van der Waals surface area contributed by atoms with Gasteiger partial charge in [-0.1, -0.05) is 30.3 Å². The van der Waals surface area contributed by atoms with Crippen molar-refractivity contribution in [2.24, 2.45) is 0 Å². The third kappa shape index (κ3) is 2.65. The van der Waals surface area contributed by atoms with E-state index in [1.807, 2.05) is 36.4 Å². The van der Waals surface area contributed by atoms with Gasteiger partial charge < -0.3 is 4.90 Å². The minimum Gasteiger partial charge on any atom is -0.306 e. The Morgan fingerprint density at radius 1 is 1.05 bits per heavy atom. The highest BCUT2D eigenvalue weighted by atomic mass is 16.1. The Morgan fingerprint density at radius 2 is 1.75 bits per heavy atom. The van der Waals surface area contributed by atoms with Crippen LogP contribution >= 0.6 is 0 Å². The molecule has 2 aromatic rings. The summed E-state index contributed by atoms with van der Waals surface area (Å²) >= 11 is 0. The second-order valence-corrected chi connectivity index (χ2v) is 5.40. The first-order valence-corrected chi connectivity index (χ1v) is 7.08. The number of rotatable bonds is 2. The summed E-state index contributed by atoms with van der Waals surface area (Å²) in [6, 6.07) is 13.7. The predicted molar refractivity (Wildman–Crippen MR) is 79.7 cm³/mol. The molecule has 1 aliphatic rings. The van der Waals surface area contributed by atoms with Crippen LogP contribution in [0.25, 0.3) is 11.3 Å². The zero-order chi connectivity index (χ0) is 13.9. The van der Waals surface area contributed by atoms with Gasteiger partial charge in [0, 0.05) is 11.6 Å². The number of hydrogen-bond acceptors (Lipinski definition) is 3. The molecule has 0 amide bonds. The fourth-order valence-corrected chi connectivity index (χ4v) is 2.69. The maximum atomic E-state index is 12.1. The Labute approximate surface area is 118 Å². The summed E-state index contributed by atoms with van der Waals surface area (Å²) in [6.07, 6.45) is 1.98. The molecule has 20 heavy (non-hydrogen) atoms. The first-order valence-electron chi connectivity index (χ1n) is 7.08. The molecule has 3 rings (SSSR count). The molecule has 0 atom stereocenters. The number of hydrogen-bond donors (Lipinski definition) is 0. The lowest BCUT2D eigenvalue weighted by Crippen LogP contribution is -2.36. The maximum absolute atomic E-state index is 12.1. The molecule has 0 saturated carbocycles. The van der Waals surface area contributed by atoms with E-state index in [2.05, 4.69) is 17.0 Å². The van der Waals surface area contributed by atoms with E-state index in [0.29, 0.717) is 0 Å². The van der Waals surface area contributed by atoms with Gasteiger partial charge in [0.1, 0.15) is 0 Å². The smallest absolute Gasteiger partial charge is 0.267 e. The molecule has 0 spiro atoms. The van der Waals surface area contributed by atoms with Gasteiger partial charge in [-0.05, 0) is 39.0 Å². The molecule has 0 unspecified atom stereocenters. The Balaban J connectivity index is 1.93. The van der Waals surface area contributed by atoms with Crippen molar-refractivity contribution in [3.05, 3.63) is 52.8 Å². The van der Waals surface area contributed by atoms with Crippen LogP contribution in [0.15, 0.2) is 47.3 Å². The van der Waals surface area contributed by atoms with Gasteiger partial charge in [0.05, 0.1) is 11.7 Å². The highest BCUT2D eigenvalue weighted by molar-refractivity contribution is 5.57. The van der Waals surface area contributed by atoms with Gasteiger partial charge in [-0.3, -0.25) is 4.79 Å². The minimum atomic E-state index is -0.000709. The molecule has 0 aliphatic carbocycles. The van der Waals surface area contributed by atoms with Crippen LogP contribution in [0.3, 0.4) is 0 Å². The summed E-state index contributed by atoms with van der Waals surface area (Å²) < 4.78 is 1.68. The lowest BCUT2D eigenvalue weighted by atomic mass is 10.1. The molecule has 0 N–H and O–H groups in total. The summed E-state index contributed by atoms with van der Waals surface area (Å²) in [7, 11) is 2.12. The molecule has 1 saturated heterocycles. The number of piperidine rings is 1. The largest absolute Gasteiger partial charge is 0.306 e. The summed E-state index contributed by atoms with van der Waals surface area (Å²) in [5.41, 5.74) is 1.91. The van der Waals surface area contributed by atoms with Gasteiger partial charge in [0.2, 0.25) is 0 Å². The van der Waals surface area contributed by atoms with Crippen molar-refractivity contribution in [2.75, 3.05) is 20.1 Å². The molecule has 1 aliphatic heterocycles. The van der Waals surface area contributed by atoms with Crippen molar-refractivity contribution in [3.8, 4) is 11.3 Å². The van der Waals surface area contributed by atoms with Crippen LogP contribution in [0.4, 0.5) is 0 Å². The predicted octanol–water partition coefficient (Wildman–Crippen LogP) is 2.18. The zero-order valence-corrected chi connectivity index (χ0v) is 11.7. The van der Waals surface area contributed by atoms with Gasteiger partial charge in [0.25, 0.3) is 5.56 Å². The fourth-order valence-electron chi connectivity index (χ4n) is 2.69. The van der Waals surface area contributed by atoms with E-state index in [1.165, 1.54) is 0 Å².